The van der Waals surface area contributed by atoms with E-state index in [4.69, 9.17) is 14.0 Å². The zero-order valence-corrected chi connectivity index (χ0v) is 18.1. The van der Waals surface area contributed by atoms with Crippen molar-refractivity contribution in [1.82, 2.24) is 25.1 Å². The molecule has 0 aliphatic heterocycles. The molecule has 2 atom stereocenters. The molecule has 3 heterocycles. The maximum atomic E-state index is 6.17. The first-order valence-corrected chi connectivity index (χ1v) is 10.5. The molecule has 0 amide bonds. The average molecular weight is 429 g/mol. The van der Waals surface area contributed by atoms with Crippen LogP contribution in [0.15, 0.2) is 53.3 Å². The number of aromatic nitrogens is 5. The Hall–Kier alpha value is -3.81. The fraction of sp³-hybridized carbons (Fsp3) is 0.292. The van der Waals surface area contributed by atoms with Crippen molar-refractivity contribution >= 4 is 0 Å². The van der Waals surface area contributed by atoms with Gasteiger partial charge >= 0.3 is 0 Å². The predicted molar refractivity (Wildman–Crippen MR) is 117 cm³/mol. The van der Waals surface area contributed by atoms with Gasteiger partial charge in [0.2, 0.25) is 17.6 Å². The Morgan fingerprint density at radius 1 is 0.969 bits per heavy atom. The van der Waals surface area contributed by atoms with Gasteiger partial charge in [-0.1, -0.05) is 29.4 Å². The fourth-order valence-corrected chi connectivity index (χ4v) is 3.68. The largest absolute Gasteiger partial charge is 0.495 e. The van der Waals surface area contributed by atoms with Gasteiger partial charge in [0.1, 0.15) is 11.6 Å². The topological polar surface area (TPSA) is 96.1 Å². The van der Waals surface area contributed by atoms with Crippen LogP contribution in [0, 0.1) is 19.8 Å². The molecule has 1 fully saturated rings. The number of hydrogen-bond donors (Lipinski definition) is 0. The number of rotatable bonds is 7. The molecule has 162 valence electrons. The van der Waals surface area contributed by atoms with E-state index in [1.807, 2.05) is 43.3 Å². The van der Waals surface area contributed by atoms with E-state index >= 15 is 0 Å². The van der Waals surface area contributed by atoms with Gasteiger partial charge < -0.3 is 14.0 Å². The molecule has 5 rings (SSSR count). The summed E-state index contributed by atoms with van der Waals surface area (Å²) >= 11 is 0. The number of benzene rings is 1. The fourth-order valence-electron chi connectivity index (χ4n) is 3.68. The third-order valence-electron chi connectivity index (χ3n) is 5.59. The van der Waals surface area contributed by atoms with Crippen LogP contribution >= 0.6 is 0 Å². The molecule has 1 aliphatic carbocycles. The van der Waals surface area contributed by atoms with Gasteiger partial charge in [-0.15, -0.1) is 0 Å². The summed E-state index contributed by atoms with van der Waals surface area (Å²) in [4.78, 5) is 17.7. The zero-order chi connectivity index (χ0) is 22.1. The molecule has 4 aromatic rings. The number of aryl methyl sites for hydroxylation is 2. The van der Waals surface area contributed by atoms with Crippen LogP contribution in [0.2, 0.25) is 0 Å². The quantitative estimate of drug-likeness (QED) is 0.427. The summed E-state index contributed by atoms with van der Waals surface area (Å²) in [5.74, 6) is 3.96. The lowest BCUT2D eigenvalue weighted by Gasteiger charge is -2.11. The molecule has 0 spiro atoms. The van der Waals surface area contributed by atoms with Crippen LogP contribution in [0.1, 0.15) is 29.7 Å². The van der Waals surface area contributed by atoms with Crippen molar-refractivity contribution < 1.29 is 14.0 Å². The normalized spacial score (nSPS) is 17.2. The maximum Gasteiger partial charge on any atom is 0.224 e. The number of nitrogens with zero attached hydrogens (tertiary/aromatic N) is 5. The van der Waals surface area contributed by atoms with Gasteiger partial charge in [-0.05, 0) is 31.0 Å². The van der Waals surface area contributed by atoms with Gasteiger partial charge in [-0.2, -0.15) is 9.97 Å². The molecular formula is C24H23N5O3. The van der Waals surface area contributed by atoms with Crippen LogP contribution in [0.25, 0.3) is 22.5 Å². The first-order valence-electron chi connectivity index (χ1n) is 10.5. The summed E-state index contributed by atoms with van der Waals surface area (Å²) in [5.41, 5.74) is 3.78. The Kier molecular flexibility index (Phi) is 5.26. The highest BCUT2D eigenvalue weighted by Crippen LogP contribution is 2.47. The Morgan fingerprint density at radius 3 is 2.47 bits per heavy atom. The molecule has 1 saturated carbocycles. The molecule has 0 radical (unpaired) electrons. The first-order chi connectivity index (χ1) is 15.6. The van der Waals surface area contributed by atoms with Crippen LogP contribution in [-0.2, 0) is 0 Å². The SMILES string of the molecule is COc1ccc(C2CC2COc2nc(C)ncc2-c2ccc(-c3noc(C)n3)cc2)nc1. The molecule has 1 aliphatic rings. The third kappa shape index (κ3) is 4.16. The highest BCUT2D eigenvalue weighted by molar-refractivity contribution is 5.70. The highest BCUT2D eigenvalue weighted by Gasteiger charge is 2.40. The van der Waals surface area contributed by atoms with Crippen LogP contribution in [0.4, 0.5) is 0 Å². The minimum absolute atomic E-state index is 0.407. The van der Waals surface area contributed by atoms with E-state index in [1.165, 1.54) is 0 Å². The van der Waals surface area contributed by atoms with Gasteiger partial charge in [0.15, 0.2) is 0 Å². The van der Waals surface area contributed by atoms with Crippen LogP contribution in [0.3, 0.4) is 0 Å². The number of pyridine rings is 1. The van der Waals surface area contributed by atoms with E-state index < -0.39 is 0 Å². The molecular weight excluding hydrogens is 406 g/mol. The lowest BCUT2D eigenvalue weighted by molar-refractivity contribution is 0.285. The smallest absolute Gasteiger partial charge is 0.224 e. The summed E-state index contributed by atoms with van der Waals surface area (Å²) in [6, 6.07) is 11.9. The predicted octanol–water partition coefficient (Wildman–Crippen LogP) is 4.40. The van der Waals surface area contributed by atoms with Crippen molar-refractivity contribution in [3.8, 4) is 34.1 Å². The van der Waals surface area contributed by atoms with E-state index in [0.717, 1.165) is 34.6 Å². The van der Waals surface area contributed by atoms with Crippen molar-refractivity contribution in [2.24, 2.45) is 5.92 Å². The molecule has 3 aromatic heterocycles. The standard InChI is InChI=1S/C24H23N5O3/c1-14-25-12-21(16-4-6-17(7-5-16)23-28-15(2)32-29-23)24(27-14)31-13-18-10-20(18)22-9-8-19(30-3)11-26-22/h4-9,11-12,18,20H,10,13H2,1-3H3. The van der Waals surface area contributed by atoms with Gasteiger partial charge in [-0.25, -0.2) is 4.98 Å². The third-order valence-corrected chi connectivity index (χ3v) is 5.59. The molecule has 8 heteroatoms. The monoisotopic (exact) mass is 429 g/mol. The van der Waals surface area contributed by atoms with Crippen LogP contribution in [-0.4, -0.2) is 38.8 Å². The van der Waals surface area contributed by atoms with E-state index in [0.29, 0.717) is 41.9 Å². The minimum Gasteiger partial charge on any atom is -0.495 e. The minimum atomic E-state index is 0.407. The lowest BCUT2D eigenvalue weighted by atomic mass is 10.1. The maximum absolute atomic E-state index is 6.17. The van der Waals surface area contributed by atoms with E-state index in [1.54, 1.807) is 26.4 Å². The Morgan fingerprint density at radius 2 is 1.78 bits per heavy atom. The van der Waals surface area contributed by atoms with E-state index in [9.17, 15) is 0 Å². The van der Waals surface area contributed by atoms with Crippen molar-refractivity contribution in [1.29, 1.82) is 0 Å². The van der Waals surface area contributed by atoms with Crippen LogP contribution in [0.5, 0.6) is 11.6 Å². The highest BCUT2D eigenvalue weighted by atomic mass is 16.5. The van der Waals surface area contributed by atoms with E-state index in [-0.39, 0.29) is 0 Å². The number of hydrogen-bond acceptors (Lipinski definition) is 8. The van der Waals surface area contributed by atoms with E-state index in [2.05, 4.69) is 25.1 Å². The van der Waals surface area contributed by atoms with Crippen molar-refractivity contribution in [2.75, 3.05) is 13.7 Å². The van der Waals surface area contributed by atoms with Crippen molar-refractivity contribution in [2.45, 2.75) is 26.2 Å². The second-order valence-electron chi connectivity index (χ2n) is 7.89. The first kappa shape index (κ1) is 20.1. The molecule has 2 unspecified atom stereocenters. The molecule has 1 aromatic carbocycles. The van der Waals surface area contributed by atoms with Gasteiger partial charge in [-0.3, -0.25) is 4.98 Å². The van der Waals surface area contributed by atoms with Crippen molar-refractivity contribution in [3.05, 3.63) is 66.2 Å². The van der Waals surface area contributed by atoms with Crippen molar-refractivity contribution in [3.63, 3.8) is 0 Å². The summed E-state index contributed by atoms with van der Waals surface area (Å²) in [5, 5.41) is 3.97. The Bertz CT molecular complexity index is 1220. The zero-order valence-electron chi connectivity index (χ0n) is 18.1. The molecule has 0 bridgehead atoms. The summed E-state index contributed by atoms with van der Waals surface area (Å²) in [6.07, 6.45) is 4.62. The lowest BCUT2D eigenvalue weighted by Crippen LogP contribution is -2.05. The molecule has 32 heavy (non-hydrogen) atoms. The second kappa shape index (κ2) is 8.37. The van der Waals surface area contributed by atoms with Gasteiger partial charge in [0, 0.05) is 36.2 Å². The summed E-state index contributed by atoms with van der Waals surface area (Å²) in [7, 11) is 1.64. The summed E-state index contributed by atoms with van der Waals surface area (Å²) < 4.78 is 16.4. The molecule has 0 saturated heterocycles. The summed E-state index contributed by atoms with van der Waals surface area (Å²) in [6.45, 7) is 4.22. The number of methoxy groups -OCH3 is 1. The van der Waals surface area contributed by atoms with Crippen LogP contribution < -0.4 is 9.47 Å². The van der Waals surface area contributed by atoms with Gasteiger partial charge in [0.25, 0.3) is 0 Å². The molecule has 0 N–H and O–H groups in total. The van der Waals surface area contributed by atoms with Gasteiger partial charge in [0.05, 0.1) is 25.5 Å². The average Bonchev–Trinajstić information content (AvgIpc) is 3.48. The second-order valence-corrected chi connectivity index (χ2v) is 7.89. The molecule has 8 nitrogen and oxygen atoms in total. The number of ether oxygens (including phenoxy) is 2. The Balaban J connectivity index is 1.29. The Labute approximate surface area is 185 Å².